The van der Waals surface area contributed by atoms with Gasteiger partial charge in [-0.1, -0.05) is 12.5 Å². The number of fused-ring (bicyclic) bond motifs is 4. The second-order valence-electron chi connectivity index (χ2n) is 13.0. The summed E-state index contributed by atoms with van der Waals surface area (Å²) in [7, 11) is 0. The van der Waals surface area contributed by atoms with Crippen LogP contribution >= 0.6 is 0 Å². The number of rotatable bonds is 2. The third-order valence-electron chi connectivity index (χ3n) is 12.1. The van der Waals surface area contributed by atoms with Crippen molar-refractivity contribution in [3.05, 3.63) is 23.3 Å². The Morgan fingerprint density at radius 2 is 1.78 bits per heavy atom. The van der Waals surface area contributed by atoms with E-state index < -0.39 is 51.4 Å². The van der Waals surface area contributed by atoms with Crippen molar-refractivity contribution in [3.8, 4) is 0 Å². The molecule has 0 bridgehead atoms. The molecule has 0 aromatic heterocycles. The van der Waals surface area contributed by atoms with Crippen LogP contribution in [0, 0.1) is 22.7 Å². The molecule has 1 saturated heterocycles. The van der Waals surface area contributed by atoms with Gasteiger partial charge in [-0.15, -0.1) is 0 Å². The minimum Gasteiger partial charge on any atom is -0.455 e. The molecule has 0 amide bonds. The van der Waals surface area contributed by atoms with Gasteiger partial charge in [0.05, 0.1) is 17.1 Å². The van der Waals surface area contributed by atoms with Crippen LogP contribution in [0.4, 0.5) is 0 Å². The summed E-state index contributed by atoms with van der Waals surface area (Å²) < 4.78 is 11.7. The molecule has 8 heteroatoms. The Morgan fingerprint density at radius 3 is 2.44 bits per heavy atom. The number of aliphatic hydroxyl groups excluding tert-OH is 1. The summed E-state index contributed by atoms with van der Waals surface area (Å²) in [4.78, 5) is 25.8. The quantitative estimate of drug-likeness (QED) is 0.331. The summed E-state index contributed by atoms with van der Waals surface area (Å²) in [6, 6.07) is 0. The van der Waals surface area contributed by atoms with Gasteiger partial charge in [0.25, 0.3) is 0 Å². The van der Waals surface area contributed by atoms with Crippen LogP contribution in [-0.4, -0.2) is 72.9 Å². The highest BCUT2D eigenvalue weighted by atomic mass is 16.6. The number of ether oxygens (including phenoxy) is 2. The molecule has 1 spiro atoms. The summed E-state index contributed by atoms with van der Waals surface area (Å²) >= 11 is 0. The minimum absolute atomic E-state index is 0.0933. The lowest BCUT2D eigenvalue weighted by molar-refractivity contribution is -0.283. The van der Waals surface area contributed by atoms with E-state index in [0.717, 1.165) is 5.57 Å². The highest BCUT2D eigenvalue weighted by Crippen LogP contribution is 2.75. The zero-order chi connectivity index (χ0) is 26.3. The number of hydrogen-bond donors (Lipinski definition) is 4. The average Bonchev–Trinajstić information content (AvgIpc) is 3.51. The Morgan fingerprint density at radius 1 is 1.08 bits per heavy atom. The van der Waals surface area contributed by atoms with Crippen molar-refractivity contribution in [2.75, 3.05) is 0 Å². The van der Waals surface area contributed by atoms with Crippen LogP contribution in [-0.2, 0) is 19.1 Å². The van der Waals surface area contributed by atoms with E-state index in [1.807, 2.05) is 20.8 Å². The molecule has 3 saturated carbocycles. The summed E-state index contributed by atoms with van der Waals surface area (Å²) in [6.45, 7) is 8.73. The summed E-state index contributed by atoms with van der Waals surface area (Å²) in [6.07, 6.45) is 2.84. The van der Waals surface area contributed by atoms with Crippen LogP contribution in [0.25, 0.3) is 0 Å². The van der Waals surface area contributed by atoms with Crippen LogP contribution in [0.5, 0.6) is 0 Å². The number of esters is 1. The van der Waals surface area contributed by atoms with Gasteiger partial charge in [0.15, 0.2) is 5.78 Å². The van der Waals surface area contributed by atoms with Gasteiger partial charge in [0.2, 0.25) is 0 Å². The van der Waals surface area contributed by atoms with E-state index in [1.165, 1.54) is 19.1 Å². The fraction of sp³-hybridized carbons (Fsp3) is 0.786. The highest BCUT2D eigenvalue weighted by Gasteiger charge is 2.84. The molecule has 198 valence electrons. The maximum Gasteiger partial charge on any atom is 0.334 e. The number of cyclic esters (lactones) is 1. The molecule has 8 nitrogen and oxygen atoms in total. The molecule has 6 aliphatic rings. The molecular formula is C28H38O8. The third-order valence-corrected chi connectivity index (χ3v) is 12.1. The number of allylic oxidation sites excluding steroid dienone is 1. The average molecular weight is 503 g/mol. The van der Waals surface area contributed by atoms with Gasteiger partial charge in [-0.3, -0.25) is 4.79 Å². The normalized spacial score (nSPS) is 55.2. The molecule has 4 fully saturated rings. The van der Waals surface area contributed by atoms with E-state index in [4.69, 9.17) is 9.47 Å². The Labute approximate surface area is 211 Å². The lowest BCUT2D eigenvalue weighted by Crippen LogP contribution is -2.73. The van der Waals surface area contributed by atoms with Crippen molar-refractivity contribution >= 4 is 11.8 Å². The fourth-order valence-electron chi connectivity index (χ4n) is 9.42. The monoisotopic (exact) mass is 502 g/mol. The molecule has 11 atom stereocenters. The first-order chi connectivity index (χ1) is 16.6. The Hall–Kier alpha value is -1.58. The van der Waals surface area contributed by atoms with Gasteiger partial charge >= 0.3 is 5.97 Å². The second kappa shape index (κ2) is 6.89. The van der Waals surface area contributed by atoms with Crippen LogP contribution in [0.1, 0.15) is 73.1 Å². The van der Waals surface area contributed by atoms with Crippen LogP contribution in [0.2, 0.25) is 0 Å². The van der Waals surface area contributed by atoms with Gasteiger partial charge in [-0.25, -0.2) is 4.79 Å². The van der Waals surface area contributed by atoms with E-state index >= 15 is 0 Å². The van der Waals surface area contributed by atoms with E-state index in [1.54, 1.807) is 6.92 Å². The summed E-state index contributed by atoms with van der Waals surface area (Å²) in [5.74, 6) is -1.19. The van der Waals surface area contributed by atoms with E-state index in [-0.39, 0.29) is 36.6 Å². The SMILES string of the molecule is CC1=C(C)C(=O)OC(C(C)(O)C2(O)CCC3(O)C4CC5OC56C(O)C=CC(=O)C6(C)C4CCC32C)C1. The predicted molar refractivity (Wildman–Crippen MR) is 127 cm³/mol. The van der Waals surface area contributed by atoms with Crippen molar-refractivity contribution in [2.45, 2.75) is 114 Å². The zero-order valence-electron chi connectivity index (χ0n) is 21.7. The second-order valence-corrected chi connectivity index (χ2v) is 13.0. The van der Waals surface area contributed by atoms with Crippen molar-refractivity contribution in [1.29, 1.82) is 0 Å². The van der Waals surface area contributed by atoms with Crippen LogP contribution in [0.3, 0.4) is 0 Å². The van der Waals surface area contributed by atoms with Crippen molar-refractivity contribution in [3.63, 3.8) is 0 Å². The van der Waals surface area contributed by atoms with Gasteiger partial charge in [-0.2, -0.15) is 0 Å². The lowest BCUT2D eigenvalue weighted by atomic mass is 9.42. The van der Waals surface area contributed by atoms with E-state index in [0.29, 0.717) is 31.3 Å². The van der Waals surface area contributed by atoms with Crippen LogP contribution in [0.15, 0.2) is 23.3 Å². The van der Waals surface area contributed by atoms with Crippen LogP contribution < -0.4 is 0 Å². The summed E-state index contributed by atoms with van der Waals surface area (Å²) in [5, 5.41) is 47.5. The molecule has 2 aliphatic heterocycles. The molecular weight excluding hydrogens is 464 g/mol. The molecule has 36 heavy (non-hydrogen) atoms. The first-order valence-electron chi connectivity index (χ1n) is 13.2. The van der Waals surface area contributed by atoms with Crippen molar-refractivity contribution in [2.24, 2.45) is 22.7 Å². The van der Waals surface area contributed by atoms with E-state index in [2.05, 4.69) is 0 Å². The molecule has 0 aromatic carbocycles. The smallest absolute Gasteiger partial charge is 0.334 e. The molecule has 0 radical (unpaired) electrons. The third kappa shape index (κ3) is 2.40. The first-order valence-corrected chi connectivity index (χ1v) is 13.2. The largest absolute Gasteiger partial charge is 0.455 e. The zero-order valence-corrected chi connectivity index (χ0v) is 21.7. The maximum absolute atomic E-state index is 13.3. The number of aliphatic hydroxyl groups is 4. The molecule has 11 unspecified atom stereocenters. The first kappa shape index (κ1) is 24.7. The fourth-order valence-corrected chi connectivity index (χ4v) is 9.42. The van der Waals surface area contributed by atoms with Gasteiger partial charge in [-0.05, 0) is 83.8 Å². The molecule has 2 heterocycles. The minimum atomic E-state index is -1.81. The standard InChI is InChI=1S/C28H38O8/c1-14-12-20(35-22(31)15(14)2)25(5,32)27(34)11-10-26(33)17-13-21-28(36-21)19(30)7-6-18(29)24(28,4)16(17)8-9-23(26,27)3/h6-7,16-17,19-21,30,32-34H,8-13H2,1-5H3. The number of epoxide rings is 1. The van der Waals surface area contributed by atoms with Gasteiger partial charge < -0.3 is 29.9 Å². The van der Waals surface area contributed by atoms with E-state index in [9.17, 15) is 30.0 Å². The number of carbonyl (C=O) groups excluding carboxylic acids is 2. The molecule has 0 aromatic rings. The molecule has 4 aliphatic carbocycles. The Kier molecular flexibility index (Phi) is 4.73. The Balaban J connectivity index is 1.39. The molecule has 6 rings (SSSR count). The number of carbonyl (C=O) groups is 2. The van der Waals surface area contributed by atoms with Gasteiger partial charge in [0, 0.05) is 17.4 Å². The maximum atomic E-state index is 13.3. The number of ketones is 1. The van der Waals surface area contributed by atoms with Crippen molar-refractivity contribution < 1.29 is 39.5 Å². The lowest BCUT2D eigenvalue weighted by Gasteiger charge is -2.63. The summed E-state index contributed by atoms with van der Waals surface area (Å²) in [5.41, 5.74) is -6.64. The highest BCUT2D eigenvalue weighted by molar-refractivity contribution is 5.98. The van der Waals surface area contributed by atoms with Gasteiger partial charge in [0.1, 0.15) is 29.0 Å². The Bertz CT molecular complexity index is 1120. The molecule has 4 N–H and O–H groups in total. The van der Waals surface area contributed by atoms with Crippen molar-refractivity contribution in [1.82, 2.24) is 0 Å². The predicted octanol–water partition coefficient (Wildman–Crippen LogP) is 1.73. The number of hydrogen-bond acceptors (Lipinski definition) is 8. The topological polar surface area (TPSA) is 137 Å².